The van der Waals surface area contributed by atoms with Crippen molar-refractivity contribution >= 4 is 69.1 Å². The summed E-state index contributed by atoms with van der Waals surface area (Å²) in [5.41, 5.74) is 13.1. The molecule has 0 saturated heterocycles. The van der Waals surface area contributed by atoms with Crippen molar-refractivity contribution < 1.29 is 16.8 Å². The van der Waals surface area contributed by atoms with Crippen LogP contribution in [0, 0.1) is 0 Å². The molecule has 6 heteroatoms. The van der Waals surface area contributed by atoms with Gasteiger partial charge >= 0.3 is 0 Å². The summed E-state index contributed by atoms with van der Waals surface area (Å²) in [6.45, 7) is 0. The SMILES string of the molecule is C1=Cc2nc1c(-c1ccccc1)c1ccc([n-]1)c(-c1ccccc1)c1ccc([n-]1)c1ccc([n-]1)c2-c1ccccc1.[Co].c1ccc([PH+](c2ccccc2)c2ccccc2)cc1. The number of nitrogens with zero attached hydrogens (tertiary/aromatic N) is 4. The molecule has 0 amide bonds. The maximum Gasteiger partial charge on any atom is 0.102 e. The van der Waals surface area contributed by atoms with E-state index in [2.05, 4.69) is 200 Å². The second kappa shape index (κ2) is 18.1. The van der Waals surface area contributed by atoms with E-state index in [9.17, 15) is 0 Å². The van der Waals surface area contributed by atoms with Crippen LogP contribution in [0.1, 0.15) is 11.4 Å². The molecule has 5 heterocycles. The van der Waals surface area contributed by atoms with Gasteiger partial charge in [0.2, 0.25) is 0 Å². The van der Waals surface area contributed by atoms with Gasteiger partial charge in [-0.25, -0.2) is 4.98 Å². The fraction of sp³-hybridized carbons (Fsp3) is 0. The van der Waals surface area contributed by atoms with Crippen LogP contribution >= 0.6 is 7.92 Å². The number of aromatic nitrogens is 4. The summed E-state index contributed by atoms with van der Waals surface area (Å²) in [5, 5.41) is 4.31. The van der Waals surface area contributed by atoms with E-state index in [0.717, 1.165) is 77.9 Å². The molecule has 1 radical (unpaired) electrons. The van der Waals surface area contributed by atoms with E-state index >= 15 is 0 Å². The molecular formula is C55H39CoN4P-2. The van der Waals surface area contributed by atoms with E-state index in [1.807, 2.05) is 30.3 Å². The van der Waals surface area contributed by atoms with Gasteiger partial charge in [0.05, 0.1) is 19.3 Å². The van der Waals surface area contributed by atoms with Crippen LogP contribution in [0.15, 0.2) is 218 Å². The molecule has 1 aliphatic rings. The molecule has 295 valence electrons. The Bertz CT molecular complexity index is 3080. The zero-order valence-electron chi connectivity index (χ0n) is 33.1. The summed E-state index contributed by atoms with van der Waals surface area (Å²) in [5.74, 6) is 0. The minimum atomic E-state index is -0.877. The van der Waals surface area contributed by atoms with Gasteiger partial charge in [-0.15, -0.1) is 22.1 Å². The Morgan fingerprint density at radius 3 is 0.885 bits per heavy atom. The maximum absolute atomic E-state index is 5.22. The molecule has 0 aliphatic carbocycles. The first-order valence-corrected chi connectivity index (χ1v) is 21.6. The molecule has 1 aliphatic heterocycles. The first kappa shape index (κ1) is 39.4. The van der Waals surface area contributed by atoms with Gasteiger partial charge in [0.25, 0.3) is 0 Å². The summed E-state index contributed by atoms with van der Waals surface area (Å²) in [6.07, 6.45) is 4.18. The summed E-state index contributed by atoms with van der Waals surface area (Å²) in [7, 11) is -0.877. The van der Waals surface area contributed by atoms with Crippen LogP contribution in [-0.2, 0) is 16.8 Å². The third-order valence-corrected chi connectivity index (χ3v) is 13.5. The first-order valence-electron chi connectivity index (χ1n) is 20.1. The van der Waals surface area contributed by atoms with Gasteiger partial charge < -0.3 is 15.0 Å². The molecule has 0 unspecified atom stereocenters. The average molecular weight is 846 g/mol. The minimum absolute atomic E-state index is 0. The second-order valence-corrected chi connectivity index (χ2v) is 17.0. The number of benzene rings is 6. The largest absolute Gasteiger partial charge is 0.658 e. The number of hydrogen-bond acceptors (Lipinski definition) is 1. The van der Waals surface area contributed by atoms with E-state index in [1.54, 1.807) is 0 Å². The van der Waals surface area contributed by atoms with Gasteiger partial charge in [0.15, 0.2) is 0 Å². The summed E-state index contributed by atoms with van der Waals surface area (Å²) in [4.78, 5) is 20.6. The van der Waals surface area contributed by atoms with Crippen LogP contribution in [0.25, 0.3) is 78.6 Å². The zero-order chi connectivity index (χ0) is 40.1. The smallest absolute Gasteiger partial charge is 0.102 e. The Morgan fingerprint density at radius 1 is 0.279 bits per heavy atom. The Labute approximate surface area is 367 Å². The molecule has 0 spiro atoms. The van der Waals surface area contributed by atoms with Crippen LogP contribution in [0.2, 0.25) is 0 Å². The Morgan fingerprint density at radius 2 is 0.541 bits per heavy atom. The van der Waals surface area contributed by atoms with Crippen LogP contribution < -0.4 is 30.9 Å². The zero-order valence-corrected chi connectivity index (χ0v) is 35.1. The van der Waals surface area contributed by atoms with Gasteiger partial charge in [-0.1, -0.05) is 182 Å². The molecule has 6 aromatic carbocycles. The minimum Gasteiger partial charge on any atom is -0.658 e. The van der Waals surface area contributed by atoms with Gasteiger partial charge in [0, 0.05) is 16.8 Å². The molecule has 0 fully saturated rings. The van der Waals surface area contributed by atoms with Crippen molar-refractivity contribution in [3.05, 3.63) is 230 Å². The monoisotopic (exact) mass is 845 g/mol. The number of rotatable bonds is 6. The van der Waals surface area contributed by atoms with Crippen LogP contribution in [0.5, 0.6) is 0 Å². The molecule has 0 N–H and O–H groups in total. The van der Waals surface area contributed by atoms with E-state index < -0.39 is 7.92 Å². The quantitative estimate of drug-likeness (QED) is 0.156. The third kappa shape index (κ3) is 8.28. The molecule has 8 bridgehead atoms. The second-order valence-electron chi connectivity index (χ2n) is 14.6. The predicted octanol–water partition coefficient (Wildman–Crippen LogP) is 11.8. The Balaban J connectivity index is 0.000000200. The predicted molar refractivity (Wildman–Crippen MR) is 255 cm³/mol. The van der Waals surface area contributed by atoms with Gasteiger partial charge in [-0.3, -0.25) is 0 Å². The van der Waals surface area contributed by atoms with Gasteiger partial charge in [-0.2, -0.15) is 11.0 Å². The molecule has 61 heavy (non-hydrogen) atoms. The summed E-state index contributed by atoms with van der Waals surface area (Å²) in [6, 6.07) is 76.0. The van der Waals surface area contributed by atoms with Crippen molar-refractivity contribution in [3.8, 4) is 33.4 Å². The van der Waals surface area contributed by atoms with Gasteiger partial charge in [-0.05, 0) is 81.9 Å². The van der Waals surface area contributed by atoms with Crippen LogP contribution in [0.3, 0.4) is 0 Å². The molecule has 10 aromatic rings. The van der Waals surface area contributed by atoms with Crippen LogP contribution in [0.4, 0.5) is 0 Å². The molecule has 4 nitrogen and oxygen atoms in total. The molecule has 0 saturated carbocycles. The third-order valence-electron chi connectivity index (χ3n) is 10.7. The molecule has 0 atom stereocenters. The van der Waals surface area contributed by atoms with Crippen molar-refractivity contribution in [2.24, 2.45) is 0 Å². The van der Waals surface area contributed by atoms with Crippen molar-refractivity contribution in [1.82, 2.24) is 19.9 Å². The topological polar surface area (TPSA) is 55.2 Å². The summed E-state index contributed by atoms with van der Waals surface area (Å²) >= 11 is 0. The fourth-order valence-corrected chi connectivity index (χ4v) is 10.6. The van der Waals surface area contributed by atoms with Crippen molar-refractivity contribution in [2.45, 2.75) is 0 Å². The van der Waals surface area contributed by atoms with Crippen molar-refractivity contribution in [1.29, 1.82) is 0 Å². The molecule has 11 rings (SSSR count). The van der Waals surface area contributed by atoms with E-state index in [4.69, 9.17) is 19.9 Å². The standard InChI is InChI=1S/C37H23N4.C18H15P.Co/c1-4-10-24(11-5-1)35-29-18-16-27(38-29)28-17-19-30(39-28)36(25-12-6-2-7-13-25)32-21-23-34(41-32)37(26-14-8-3-9-15-26)33-22-20-31(35)40-33;1-4-10-16(11-5-1)19(17-12-6-2-7-13-17)18-14-8-3-9-15-18;/h1-23H;1-15H;/q-3;;/p+1. The first-order chi connectivity index (χ1) is 29.8. The van der Waals surface area contributed by atoms with Gasteiger partial charge in [0.1, 0.15) is 15.9 Å². The molecular weight excluding hydrogens is 807 g/mol. The van der Waals surface area contributed by atoms with Crippen LogP contribution in [-0.4, -0.2) is 4.98 Å². The summed E-state index contributed by atoms with van der Waals surface area (Å²) < 4.78 is 0. The normalized spacial score (nSPS) is 11.2. The Hall–Kier alpha value is -7.01. The number of fused-ring (bicyclic) bond motifs is 9. The maximum atomic E-state index is 5.22. The van der Waals surface area contributed by atoms with E-state index in [-0.39, 0.29) is 16.8 Å². The fourth-order valence-electron chi connectivity index (χ4n) is 7.98. The average Bonchev–Trinajstić information content (AvgIpc) is 4.17. The molecule has 4 aromatic heterocycles. The van der Waals surface area contributed by atoms with Crippen molar-refractivity contribution in [3.63, 3.8) is 0 Å². The van der Waals surface area contributed by atoms with Crippen molar-refractivity contribution in [2.75, 3.05) is 0 Å². The number of hydrogen-bond donors (Lipinski definition) is 0. The van der Waals surface area contributed by atoms with E-state index in [1.165, 1.54) is 15.9 Å². The Kier molecular flexibility index (Phi) is 11.7. The van der Waals surface area contributed by atoms with E-state index in [0.29, 0.717) is 0 Å².